The van der Waals surface area contributed by atoms with Gasteiger partial charge < -0.3 is 29.2 Å². The number of hydrogen-bond donors (Lipinski definition) is 2. The molecule has 0 amide bonds. The van der Waals surface area contributed by atoms with Crippen LogP contribution in [-0.4, -0.2) is 36.1 Å². The molecular formula is C24H24N2O6. The van der Waals surface area contributed by atoms with Crippen LogP contribution in [0.15, 0.2) is 65.6 Å². The first-order valence-electron chi connectivity index (χ1n) is 10.3. The number of nitrogens with one attached hydrogen (secondary N) is 1. The summed E-state index contributed by atoms with van der Waals surface area (Å²) in [5.41, 5.74) is 1.81. The summed E-state index contributed by atoms with van der Waals surface area (Å²) in [6.45, 7) is 0.877. The van der Waals surface area contributed by atoms with Gasteiger partial charge in [0, 0.05) is 35.6 Å². The quantitative estimate of drug-likeness (QED) is 0.552. The second-order valence-corrected chi connectivity index (χ2v) is 7.36. The maximum absolute atomic E-state index is 12.4. The van der Waals surface area contributed by atoms with E-state index in [1.54, 1.807) is 49.7 Å². The zero-order valence-electron chi connectivity index (χ0n) is 17.6. The van der Waals surface area contributed by atoms with Crippen LogP contribution in [0.4, 0.5) is 11.4 Å². The Balaban J connectivity index is 1.77. The summed E-state index contributed by atoms with van der Waals surface area (Å²) in [6.07, 6.45) is 2.94. The number of anilines is 2. The Labute approximate surface area is 185 Å². The molecule has 1 saturated heterocycles. The molecule has 3 aromatic rings. The van der Waals surface area contributed by atoms with Gasteiger partial charge >= 0.3 is 5.97 Å². The molecule has 4 rings (SSSR count). The lowest BCUT2D eigenvalue weighted by molar-refractivity contribution is -0.0402. The number of benzene rings is 2. The smallest absolute Gasteiger partial charge is 0.335 e. The molecule has 0 aliphatic carbocycles. The Hall–Kier alpha value is -3.78. The number of rotatable bonds is 8. The van der Waals surface area contributed by atoms with E-state index in [4.69, 9.17) is 14.2 Å². The summed E-state index contributed by atoms with van der Waals surface area (Å²) in [7, 11) is 1.56. The molecule has 0 bridgehead atoms. The highest BCUT2D eigenvalue weighted by Crippen LogP contribution is 2.37. The molecule has 1 unspecified atom stereocenters. The number of nitrogens with zero attached hydrogens (tertiary/aromatic N) is 1. The van der Waals surface area contributed by atoms with Gasteiger partial charge in [-0.2, -0.15) is 0 Å². The summed E-state index contributed by atoms with van der Waals surface area (Å²) in [4.78, 5) is 28.4. The van der Waals surface area contributed by atoms with Crippen molar-refractivity contribution in [2.45, 2.75) is 25.7 Å². The van der Waals surface area contributed by atoms with E-state index in [2.05, 4.69) is 4.98 Å². The number of H-pyrrole nitrogens is 1. The number of aromatic nitrogens is 1. The van der Waals surface area contributed by atoms with E-state index in [1.165, 1.54) is 6.07 Å². The van der Waals surface area contributed by atoms with E-state index in [9.17, 15) is 14.7 Å². The van der Waals surface area contributed by atoms with Crippen LogP contribution in [0.5, 0.6) is 11.5 Å². The van der Waals surface area contributed by atoms with E-state index in [1.807, 2.05) is 17.0 Å². The molecule has 0 radical (unpaired) electrons. The van der Waals surface area contributed by atoms with Gasteiger partial charge in [-0.05, 0) is 42.8 Å². The highest BCUT2D eigenvalue weighted by Gasteiger charge is 2.21. The SMILES string of the molecule is COc1ccc(N(Cc2ccc[nH]c2=O)c2cccc(C(=O)O)c2)cc1OC1CCCO1. The molecule has 8 nitrogen and oxygen atoms in total. The second kappa shape index (κ2) is 9.57. The monoisotopic (exact) mass is 436 g/mol. The Kier molecular flexibility index (Phi) is 6.42. The highest BCUT2D eigenvalue weighted by molar-refractivity contribution is 5.89. The minimum atomic E-state index is -1.03. The summed E-state index contributed by atoms with van der Waals surface area (Å²) in [6, 6.07) is 15.5. The van der Waals surface area contributed by atoms with Gasteiger partial charge in [0.25, 0.3) is 5.56 Å². The zero-order valence-corrected chi connectivity index (χ0v) is 17.6. The molecule has 2 N–H and O–H groups in total. The number of aromatic carboxylic acids is 1. The predicted octanol–water partition coefficient (Wildman–Crippen LogP) is 3.94. The molecule has 0 spiro atoms. The molecule has 0 saturated carbocycles. The van der Waals surface area contributed by atoms with E-state index in [0.717, 1.165) is 12.8 Å². The molecule has 32 heavy (non-hydrogen) atoms. The summed E-state index contributed by atoms with van der Waals surface area (Å²) in [5, 5.41) is 9.44. The van der Waals surface area contributed by atoms with Crippen LogP contribution in [0.1, 0.15) is 28.8 Å². The van der Waals surface area contributed by atoms with Gasteiger partial charge in [-0.1, -0.05) is 12.1 Å². The van der Waals surface area contributed by atoms with Gasteiger partial charge in [0.2, 0.25) is 0 Å². The lowest BCUT2D eigenvalue weighted by atomic mass is 10.1. The van der Waals surface area contributed by atoms with E-state index < -0.39 is 5.97 Å². The van der Waals surface area contributed by atoms with Crippen molar-refractivity contribution < 1.29 is 24.1 Å². The molecule has 166 valence electrons. The maximum Gasteiger partial charge on any atom is 0.335 e. The normalized spacial score (nSPS) is 15.3. The zero-order chi connectivity index (χ0) is 22.5. The number of carboxylic acid groups (broad SMARTS) is 1. The van der Waals surface area contributed by atoms with Crippen LogP contribution in [-0.2, 0) is 11.3 Å². The maximum atomic E-state index is 12.4. The lowest BCUT2D eigenvalue weighted by Crippen LogP contribution is -2.23. The van der Waals surface area contributed by atoms with Crippen molar-refractivity contribution in [3.8, 4) is 11.5 Å². The number of carboxylic acids is 1. The molecular weight excluding hydrogens is 412 g/mol. The Morgan fingerprint density at radius 2 is 2.00 bits per heavy atom. The van der Waals surface area contributed by atoms with Crippen LogP contribution >= 0.6 is 0 Å². The predicted molar refractivity (Wildman–Crippen MR) is 119 cm³/mol. The third-order valence-electron chi connectivity index (χ3n) is 5.24. The molecule has 1 aliphatic heterocycles. The Bertz CT molecular complexity index is 1150. The van der Waals surface area contributed by atoms with Crippen molar-refractivity contribution in [2.24, 2.45) is 0 Å². The summed E-state index contributed by atoms with van der Waals surface area (Å²) >= 11 is 0. The number of ether oxygens (including phenoxy) is 3. The largest absolute Gasteiger partial charge is 0.493 e. The van der Waals surface area contributed by atoms with Crippen LogP contribution < -0.4 is 19.9 Å². The van der Waals surface area contributed by atoms with E-state index in [0.29, 0.717) is 35.0 Å². The minimum Gasteiger partial charge on any atom is -0.493 e. The minimum absolute atomic E-state index is 0.152. The number of methoxy groups -OCH3 is 1. The molecule has 2 heterocycles. The van der Waals surface area contributed by atoms with Gasteiger partial charge in [-0.3, -0.25) is 4.79 Å². The second-order valence-electron chi connectivity index (χ2n) is 7.36. The average Bonchev–Trinajstić information content (AvgIpc) is 3.32. The lowest BCUT2D eigenvalue weighted by Gasteiger charge is -2.26. The van der Waals surface area contributed by atoms with Gasteiger partial charge in [0.15, 0.2) is 17.8 Å². The van der Waals surface area contributed by atoms with Gasteiger partial charge in [0.05, 0.1) is 25.8 Å². The van der Waals surface area contributed by atoms with Crippen molar-refractivity contribution in [1.29, 1.82) is 0 Å². The highest BCUT2D eigenvalue weighted by atomic mass is 16.7. The fourth-order valence-electron chi connectivity index (χ4n) is 3.60. The average molecular weight is 436 g/mol. The van der Waals surface area contributed by atoms with Crippen molar-refractivity contribution in [2.75, 3.05) is 18.6 Å². The number of pyridine rings is 1. The Morgan fingerprint density at radius 3 is 2.72 bits per heavy atom. The summed E-state index contributed by atoms with van der Waals surface area (Å²) < 4.78 is 17.1. The first-order chi connectivity index (χ1) is 15.5. The van der Waals surface area contributed by atoms with Crippen LogP contribution in [0.25, 0.3) is 0 Å². The van der Waals surface area contributed by atoms with Gasteiger partial charge in [-0.15, -0.1) is 0 Å². The van der Waals surface area contributed by atoms with Gasteiger partial charge in [0.1, 0.15) is 0 Å². The first kappa shape index (κ1) is 21.5. The van der Waals surface area contributed by atoms with Gasteiger partial charge in [-0.25, -0.2) is 4.79 Å². The molecule has 8 heteroatoms. The first-order valence-corrected chi connectivity index (χ1v) is 10.3. The van der Waals surface area contributed by atoms with Crippen LogP contribution in [0, 0.1) is 0 Å². The number of aromatic amines is 1. The number of carbonyl (C=O) groups is 1. The topological polar surface area (TPSA) is 101 Å². The molecule has 2 aromatic carbocycles. The van der Waals surface area contributed by atoms with Crippen molar-refractivity contribution >= 4 is 17.3 Å². The standard InChI is InChI=1S/C24H24N2O6/c1-30-20-10-9-19(14-21(20)32-22-8-4-12-31-22)26(15-17-6-3-11-25-23(17)27)18-7-2-5-16(13-18)24(28)29/h2-3,5-7,9-11,13-14,22H,4,8,12,15H2,1H3,(H,25,27)(H,28,29). The Morgan fingerprint density at radius 1 is 1.16 bits per heavy atom. The van der Waals surface area contributed by atoms with E-state index >= 15 is 0 Å². The van der Waals surface area contributed by atoms with Crippen LogP contribution in [0.2, 0.25) is 0 Å². The van der Waals surface area contributed by atoms with Crippen molar-refractivity contribution in [1.82, 2.24) is 4.98 Å². The fourth-order valence-corrected chi connectivity index (χ4v) is 3.60. The molecule has 1 aromatic heterocycles. The van der Waals surface area contributed by atoms with Crippen molar-refractivity contribution in [3.63, 3.8) is 0 Å². The number of hydrogen-bond acceptors (Lipinski definition) is 6. The molecule has 1 fully saturated rings. The third-order valence-corrected chi connectivity index (χ3v) is 5.24. The molecule has 1 atom stereocenters. The fraction of sp³-hybridized carbons (Fsp3) is 0.250. The molecule has 1 aliphatic rings. The summed E-state index contributed by atoms with van der Waals surface area (Å²) in [5.74, 6) is 0.0424. The van der Waals surface area contributed by atoms with Crippen LogP contribution in [0.3, 0.4) is 0 Å². The third kappa shape index (κ3) is 4.76. The van der Waals surface area contributed by atoms with Crippen molar-refractivity contribution in [3.05, 3.63) is 82.3 Å². The van der Waals surface area contributed by atoms with E-state index in [-0.39, 0.29) is 24.0 Å².